The maximum atomic E-state index is 12.3. The number of hydrogen-bond acceptors (Lipinski definition) is 4. The fraction of sp³-hybridized carbons (Fsp3) is 0.600. The molecule has 0 fully saturated rings. The van der Waals surface area contributed by atoms with Gasteiger partial charge in [0.2, 0.25) is 0 Å². The Labute approximate surface area is 128 Å². The van der Waals surface area contributed by atoms with E-state index in [2.05, 4.69) is 4.74 Å². The number of hydrogen-bond donors (Lipinski definition) is 2. The SMILES string of the molecule is COc1ccc(OC(F)(F)F)cc1[C@H](N)[C@H](O)CCC(C)C. The first-order valence-corrected chi connectivity index (χ1v) is 7.01. The monoisotopic (exact) mass is 321 g/mol. The van der Waals surface area contributed by atoms with Crippen molar-refractivity contribution in [3.8, 4) is 11.5 Å². The summed E-state index contributed by atoms with van der Waals surface area (Å²) in [4.78, 5) is 0. The Morgan fingerprint density at radius 1 is 1.23 bits per heavy atom. The first-order valence-electron chi connectivity index (χ1n) is 7.01. The Morgan fingerprint density at radius 3 is 2.36 bits per heavy atom. The summed E-state index contributed by atoms with van der Waals surface area (Å²) < 4.78 is 45.8. The van der Waals surface area contributed by atoms with Crippen LogP contribution in [0.1, 0.15) is 38.3 Å². The Balaban J connectivity index is 2.96. The van der Waals surface area contributed by atoms with Gasteiger partial charge in [0, 0.05) is 5.56 Å². The van der Waals surface area contributed by atoms with Crippen molar-refractivity contribution < 1.29 is 27.8 Å². The van der Waals surface area contributed by atoms with Crippen molar-refractivity contribution in [2.24, 2.45) is 11.7 Å². The summed E-state index contributed by atoms with van der Waals surface area (Å²) in [6.07, 6.45) is -4.45. The minimum atomic E-state index is -4.79. The number of halogens is 3. The first-order chi connectivity index (χ1) is 10.1. The molecule has 0 unspecified atom stereocenters. The van der Waals surface area contributed by atoms with E-state index >= 15 is 0 Å². The third-order valence-corrected chi connectivity index (χ3v) is 3.25. The predicted molar refractivity (Wildman–Crippen MR) is 76.7 cm³/mol. The van der Waals surface area contributed by atoms with E-state index in [1.54, 1.807) is 0 Å². The van der Waals surface area contributed by atoms with E-state index in [0.717, 1.165) is 18.6 Å². The van der Waals surface area contributed by atoms with Gasteiger partial charge < -0.3 is 20.3 Å². The number of rotatable bonds is 7. The maximum Gasteiger partial charge on any atom is 0.573 e. The first kappa shape index (κ1) is 18.6. The van der Waals surface area contributed by atoms with Crippen molar-refractivity contribution in [3.63, 3.8) is 0 Å². The Hall–Kier alpha value is -1.47. The van der Waals surface area contributed by atoms with Crippen LogP contribution in [-0.2, 0) is 0 Å². The standard InChI is InChI=1S/C15H22F3NO3/c1-9(2)4-6-12(20)14(19)11-8-10(22-15(16,17)18)5-7-13(11)21-3/h5,7-9,12,14,20H,4,6,19H2,1-3H3/t12-,14+/m1/s1. The Kier molecular flexibility index (Phi) is 6.49. The van der Waals surface area contributed by atoms with Crippen molar-refractivity contribution in [1.82, 2.24) is 0 Å². The van der Waals surface area contributed by atoms with Crippen molar-refractivity contribution in [1.29, 1.82) is 0 Å². The lowest BCUT2D eigenvalue weighted by Gasteiger charge is -2.22. The molecule has 0 aromatic heterocycles. The summed E-state index contributed by atoms with van der Waals surface area (Å²) >= 11 is 0. The van der Waals surface area contributed by atoms with E-state index in [-0.39, 0.29) is 5.56 Å². The van der Waals surface area contributed by atoms with Crippen LogP contribution in [0.5, 0.6) is 11.5 Å². The normalized spacial score (nSPS) is 14.8. The molecule has 1 aromatic rings. The molecule has 0 spiro atoms. The van der Waals surface area contributed by atoms with Crippen LogP contribution in [0, 0.1) is 5.92 Å². The molecule has 1 rings (SSSR count). The molecule has 4 nitrogen and oxygen atoms in total. The fourth-order valence-corrected chi connectivity index (χ4v) is 2.06. The lowest BCUT2D eigenvalue weighted by atomic mass is 9.95. The molecule has 0 bridgehead atoms. The average Bonchev–Trinajstić information content (AvgIpc) is 2.42. The topological polar surface area (TPSA) is 64.7 Å². The number of alkyl halides is 3. The van der Waals surface area contributed by atoms with Gasteiger partial charge in [-0.1, -0.05) is 13.8 Å². The highest BCUT2D eigenvalue weighted by atomic mass is 19.4. The molecule has 7 heteroatoms. The van der Waals surface area contributed by atoms with Crippen molar-refractivity contribution in [2.75, 3.05) is 7.11 Å². The second-order valence-corrected chi connectivity index (χ2v) is 5.52. The number of ether oxygens (including phenoxy) is 2. The highest BCUT2D eigenvalue weighted by Gasteiger charge is 2.32. The smallest absolute Gasteiger partial charge is 0.496 e. The minimum absolute atomic E-state index is 0.278. The summed E-state index contributed by atoms with van der Waals surface area (Å²) in [6.45, 7) is 4.02. The van der Waals surface area contributed by atoms with Crippen molar-refractivity contribution >= 4 is 0 Å². The summed E-state index contributed by atoms with van der Waals surface area (Å²) in [5.74, 6) is 0.309. The van der Waals surface area contributed by atoms with Crippen LogP contribution < -0.4 is 15.2 Å². The zero-order valence-corrected chi connectivity index (χ0v) is 12.9. The van der Waals surface area contributed by atoms with E-state index in [9.17, 15) is 18.3 Å². The number of methoxy groups -OCH3 is 1. The van der Waals surface area contributed by atoms with Crippen LogP contribution in [-0.4, -0.2) is 24.7 Å². The molecular weight excluding hydrogens is 299 g/mol. The zero-order chi connectivity index (χ0) is 16.9. The van der Waals surface area contributed by atoms with Crippen LogP contribution in [0.4, 0.5) is 13.2 Å². The highest BCUT2D eigenvalue weighted by Crippen LogP contribution is 2.33. The molecule has 0 aliphatic heterocycles. The largest absolute Gasteiger partial charge is 0.573 e. The van der Waals surface area contributed by atoms with Crippen LogP contribution in [0.25, 0.3) is 0 Å². The van der Waals surface area contributed by atoms with Crippen molar-refractivity contribution in [3.05, 3.63) is 23.8 Å². The molecule has 0 heterocycles. The molecule has 0 saturated heterocycles. The summed E-state index contributed by atoms with van der Waals surface area (Å²) in [6, 6.07) is 2.77. The average molecular weight is 321 g/mol. The highest BCUT2D eigenvalue weighted by molar-refractivity contribution is 5.42. The van der Waals surface area contributed by atoms with Gasteiger partial charge in [0.1, 0.15) is 11.5 Å². The number of nitrogens with two attached hydrogens (primary N) is 1. The second kappa shape index (κ2) is 7.69. The van der Waals surface area contributed by atoms with Gasteiger partial charge >= 0.3 is 6.36 Å². The van der Waals surface area contributed by atoms with Gasteiger partial charge in [-0.3, -0.25) is 0 Å². The van der Waals surface area contributed by atoms with Gasteiger partial charge in [-0.15, -0.1) is 13.2 Å². The van der Waals surface area contributed by atoms with Gasteiger partial charge in [-0.2, -0.15) is 0 Å². The lowest BCUT2D eigenvalue weighted by Crippen LogP contribution is -2.27. The molecule has 0 radical (unpaired) electrons. The summed E-state index contributed by atoms with van der Waals surface area (Å²) in [5, 5.41) is 10.1. The molecule has 0 aliphatic rings. The molecule has 22 heavy (non-hydrogen) atoms. The van der Waals surface area contributed by atoms with E-state index in [1.165, 1.54) is 13.2 Å². The number of aliphatic hydroxyl groups excluding tert-OH is 1. The molecule has 0 aliphatic carbocycles. The second-order valence-electron chi connectivity index (χ2n) is 5.52. The van der Waals surface area contributed by atoms with Gasteiger partial charge in [0.15, 0.2) is 0 Å². The van der Waals surface area contributed by atoms with E-state index in [1.807, 2.05) is 13.8 Å². The van der Waals surface area contributed by atoms with Crippen molar-refractivity contribution in [2.45, 2.75) is 45.2 Å². The van der Waals surface area contributed by atoms with E-state index in [4.69, 9.17) is 10.5 Å². The van der Waals surface area contributed by atoms with Crippen LogP contribution in [0.15, 0.2) is 18.2 Å². The van der Waals surface area contributed by atoms with Gasteiger partial charge in [-0.05, 0) is 37.0 Å². The molecule has 3 N–H and O–H groups in total. The predicted octanol–water partition coefficient (Wildman–Crippen LogP) is 3.39. The lowest BCUT2D eigenvalue weighted by molar-refractivity contribution is -0.274. The van der Waals surface area contributed by atoms with E-state index < -0.39 is 24.3 Å². The molecule has 2 atom stereocenters. The third kappa shape index (κ3) is 5.73. The zero-order valence-electron chi connectivity index (χ0n) is 12.9. The van der Waals surface area contributed by atoms with Gasteiger partial charge in [0.25, 0.3) is 0 Å². The molecule has 126 valence electrons. The Bertz CT molecular complexity index is 478. The van der Waals surface area contributed by atoms with Crippen LogP contribution in [0.2, 0.25) is 0 Å². The van der Waals surface area contributed by atoms with Crippen LogP contribution in [0.3, 0.4) is 0 Å². The number of aliphatic hydroxyl groups is 1. The Morgan fingerprint density at radius 2 is 1.86 bits per heavy atom. The van der Waals surface area contributed by atoms with Crippen LogP contribution >= 0.6 is 0 Å². The number of benzene rings is 1. The maximum absolute atomic E-state index is 12.3. The third-order valence-electron chi connectivity index (χ3n) is 3.25. The van der Waals surface area contributed by atoms with E-state index in [0.29, 0.717) is 18.1 Å². The quantitative estimate of drug-likeness (QED) is 0.808. The summed E-state index contributed by atoms with van der Waals surface area (Å²) in [7, 11) is 1.39. The molecule has 1 aromatic carbocycles. The fourth-order valence-electron chi connectivity index (χ4n) is 2.06. The minimum Gasteiger partial charge on any atom is -0.496 e. The van der Waals surface area contributed by atoms with Gasteiger partial charge in [-0.25, -0.2) is 0 Å². The van der Waals surface area contributed by atoms with Gasteiger partial charge in [0.05, 0.1) is 19.3 Å². The molecule has 0 saturated carbocycles. The molecular formula is C15H22F3NO3. The summed E-state index contributed by atoms with van der Waals surface area (Å²) in [5.41, 5.74) is 6.25. The molecule has 0 amide bonds.